The average molecular weight is 463 g/mol. The van der Waals surface area contributed by atoms with Crippen LogP contribution in [-0.4, -0.2) is 28.5 Å². The molecular formula is C25H19FN2O4S. The van der Waals surface area contributed by atoms with Crippen molar-refractivity contribution < 1.29 is 23.5 Å². The number of rotatable bonds is 7. The number of nitrogens with one attached hydrogen (secondary N) is 1. The molecule has 0 aromatic heterocycles. The Bertz CT molecular complexity index is 1210. The van der Waals surface area contributed by atoms with Gasteiger partial charge in [0, 0.05) is 11.3 Å². The molecule has 1 fully saturated rings. The summed E-state index contributed by atoms with van der Waals surface area (Å²) in [6.07, 6.45) is 1.57. The van der Waals surface area contributed by atoms with Gasteiger partial charge in [0.1, 0.15) is 24.7 Å². The largest absolute Gasteiger partial charge is 0.488 e. The van der Waals surface area contributed by atoms with Crippen molar-refractivity contribution in [2.24, 2.45) is 0 Å². The molecule has 166 valence electrons. The number of para-hydroxylation sites is 2. The number of benzene rings is 3. The minimum Gasteiger partial charge on any atom is -0.488 e. The second kappa shape index (κ2) is 10.1. The van der Waals surface area contributed by atoms with E-state index in [4.69, 9.17) is 4.74 Å². The molecule has 8 heteroatoms. The Balaban J connectivity index is 1.45. The Kier molecular flexibility index (Phi) is 6.85. The van der Waals surface area contributed by atoms with E-state index in [0.29, 0.717) is 17.0 Å². The molecule has 0 spiro atoms. The molecule has 0 radical (unpaired) electrons. The Hall–Kier alpha value is -3.91. The molecule has 33 heavy (non-hydrogen) atoms. The van der Waals surface area contributed by atoms with Crippen molar-refractivity contribution >= 4 is 40.6 Å². The van der Waals surface area contributed by atoms with Gasteiger partial charge in [0.2, 0.25) is 5.91 Å². The van der Waals surface area contributed by atoms with Crippen LogP contribution in [0, 0.1) is 5.82 Å². The van der Waals surface area contributed by atoms with Gasteiger partial charge in [-0.25, -0.2) is 4.39 Å². The molecule has 3 aromatic carbocycles. The normalized spacial score (nSPS) is 14.6. The smallest absolute Gasteiger partial charge is 0.294 e. The lowest BCUT2D eigenvalue weighted by atomic mass is 10.1. The van der Waals surface area contributed by atoms with Crippen molar-refractivity contribution in [3.05, 3.63) is 101 Å². The SMILES string of the molecule is O=C(CN1C(=O)S/C(=C\c2ccccc2OCc2ccc(F)cc2)C1=O)Nc1ccccc1. The van der Waals surface area contributed by atoms with E-state index in [1.54, 1.807) is 66.7 Å². The minimum atomic E-state index is -0.540. The minimum absolute atomic E-state index is 0.199. The maximum atomic E-state index is 13.1. The molecule has 3 aromatic rings. The summed E-state index contributed by atoms with van der Waals surface area (Å²) in [5, 5.41) is 2.15. The molecule has 0 unspecified atom stereocenters. The van der Waals surface area contributed by atoms with Crippen molar-refractivity contribution in [2.45, 2.75) is 6.61 Å². The van der Waals surface area contributed by atoms with Crippen molar-refractivity contribution in [2.75, 3.05) is 11.9 Å². The third-order valence-electron chi connectivity index (χ3n) is 4.75. The van der Waals surface area contributed by atoms with Crippen LogP contribution in [-0.2, 0) is 16.2 Å². The van der Waals surface area contributed by atoms with Gasteiger partial charge in [0.05, 0.1) is 4.91 Å². The van der Waals surface area contributed by atoms with Crippen LogP contribution in [0.5, 0.6) is 5.75 Å². The third-order valence-corrected chi connectivity index (χ3v) is 5.65. The first-order chi connectivity index (χ1) is 16.0. The highest BCUT2D eigenvalue weighted by Crippen LogP contribution is 2.34. The zero-order chi connectivity index (χ0) is 23.2. The van der Waals surface area contributed by atoms with Crippen molar-refractivity contribution in [3.8, 4) is 5.75 Å². The monoisotopic (exact) mass is 462 g/mol. The molecule has 0 aliphatic carbocycles. The van der Waals surface area contributed by atoms with Crippen LogP contribution in [0.15, 0.2) is 83.8 Å². The van der Waals surface area contributed by atoms with E-state index >= 15 is 0 Å². The van der Waals surface area contributed by atoms with Gasteiger partial charge in [-0.15, -0.1) is 0 Å². The standard InChI is InChI=1S/C25H19FN2O4S/c26-19-12-10-17(11-13-19)16-32-21-9-5-4-6-18(21)14-22-24(30)28(25(31)33-22)15-23(29)27-20-7-2-1-3-8-20/h1-14H,15-16H2,(H,27,29)/b22-14-. The number of hydrogen-bond donors (Lipinski definition) is 1. The number of carbonyl (C=O) groups is 3. The number of carbonyl (C=O) groups excluding carboxylic acids is 3. The molecular weight excluding hydrogens is 443 g/mol. The highest BCUT2D eigenvalue weighted by atomic mass is 32.2. The van der Waals surface area contributed by atoms with E-state index in [0.717, 1.165) is 22.2 Å². The molecule has 4 rings (SSSR count). The maximum absolute atomic E-state index is 13.1. The summed E-state index contributed by atoms with van der Waals surface area (Å²) < 4.78 is 18.9. The summed E-state index contributed by atoms with van der Waals surface area (Å²) in [5.74, 6) is -0.822. The molecule has 1 aliphatic heterocycles. The molecule has 1 aliphatic rings. The maximum Gasteiger partial charge on any atom is 0.294 e. The van der Waals surface area contributed by atoms with Gasteiger partial charge in [-0.1, -0.05) is 48.5 Å². The van der Waals surface area contributed by atoms with E-state index in [1.165, 1.54) is 12.1 Å². The molecule has 0 bridgehead atoms. The number of amides is 3. The van der Waals surface area contributed by atoms with Crippen LogP contribution in [0.4, 0.5) is 14.9 Å². The lowest BCUT2D eigenvalue weighted by molar-refractivity contribution is -0.127. The number of imide groups is 1. The molecule has 1 N–H and O–H groups in total. The van der Waals surface area contributed by atoms with E-state index < -0.39 is 17.1 Å². The number of nitrogens with zero attached hydrogens (tertiary/aromatic N) is 1. The molecule has 1 saturated heterocycles. The zero-order valence-electron chi connectivity index (χ0n) is 17.4. The number of anilines is 1. The highest BCUT2D eigenvalue weighted by Gasteiger charge is 2.36. The topological polar surface area (TPSA) is 75.7 Å². The van der Waals surface area contributed by atoms with Crippen LogP contribution in [0.2, 0.25) is 0 Å². The fraction of sp³-hybridized carbons (Fsp3) is 0.0800. The van der Waals surface area contributed by atoms with Crippen molar-refractivity contribution in [1.82, 2.24) is 4.90 Å². The van der Waals surface area contributed by atoms with Gasteiger partial charge >= 0.3 is 0 Å². The Labute approximate surface area is 194 Å². The molecule has 0 saturated carbocycles. The van der Waals surface area contributed by atoms with Crippen LogP contribution in [0.3, 0.4) is 0 Å². The number of halogens is 1. The molecule has 6 nitrogen and oxygen atoms in total. The summed E-state index contributed by atoms with van der Waals surface area (Å²) in [6, 6.07) is 21.8. The fourth-order valence-electron chi connectivity index (χ4n) is 3.12. The molecule has 0 atom stereocenters. The first kappa shape index (κ1) is 22.3. The Morgan fingerprint density at radius 1 is 0.970 bits per heavy atom. The van der Waals surface area contributed by atoms with Crippen LogP contribution < -0.4 is 10.1 Å². The van der Waals surface area contributed by atoms with Crippen molar-refractivity contribution in [1.29, 1.82) is 0 Å². The van der Waals surface area contributed by atoms with E-state index in [9.17, 15) is 18.8 Å². The van der Waals surface area contributed by atoms with Gasteiger partial charge < -0.3 is 10.1 Å². The summed E-state index contributed by atoms with van der Waals surface area (Å²) in [7, 11) is 0. The molecule has 3 amide bonds. The quantitative estimate of drug-likeness (QED) is 0.496. The van der Waals surface area contributed by atoms with Crippen LogP contribution in [0.1, 0.15) is 11.1 Å². The summed E-state index contributed by atoms with van der Waals surface area (Å²) >= 11 is 0.771. The van der Waals surface area contributed by atoms with Crippen LogP contribution >= 0.6 is 11.8 Å². The zero-order valence-corrected chi connectivity index (χ0v) is 18.2. The number of ether oxygens (including phenoxy) is 1. The second-order valence-electron chi connectivity index (χ2n) is 7.14. The van der Waals surface area contributed by atoms with Gasteiger partial charge in [0.15, 0.2) is 0 Å². The number of hydrogen-bond acceptors (Lipinski definition) is 5. The fourth-order valence-corrected chi connectivity index (χ4v) is 3.95. The van der Waals surface area contributed by atoms with Crippen LogP contribution in [0.25, 0.3) is 6.08 Å². The lowest BCUT2D eigenvalue weighted by Gasteiger charge is -2.12. The predicted octanol–water partition coefficient (Wildman–Crippen LogP) is 5.08. The predicted molar refractivity (Wildman–Crippen MR) is 125 cm³/mol. The third kappa shape index (κ3) is 5.67. The lowest BCUT2D eigenvalue weighted by Crippen LogP contribution is -2.36. The highest BCUT2D eigenvalue weighted by molar-refractivity contribution is 8.18. The van der Waals surface area contributed by atoms with Gasteiger partial charge in [-0.2, -0.15) is 0 Å². The Morgan fingerprint density at radius 3 is 2.42 bits per heavy atom. The van der Waals surface area contributed by atoms with Gasteiger partial charge in [-0.05, 0) is 53.7 Å². The van der Waals surface area contributed by atoms with Gasteiger partial charge in [-0.3, -0.25) is 19.3 Å². The summed E-state index contributed by atoms with van der Waals surface area (Å²) in [4.78, 5) is 38.6. The number of thioether (sulfide) groups is 1. The van der Waals surface area contributed by atoms with Crippen molar-refractivity contribution in [3.63, 3.8) is 0 Å². The molecule has 1 heterocycles. The Morgan fingerprint density at radius 2 is 1.67 bits per heavy atom. The first-order valence-corrected chi connectivity index (χ1v) is 10.9. The summed E-state index contributed by atoms with van der Waals surface area (Å²) in [6.45, 7) is -0.161. The summed E-state index contributed by atoms with van der Waals surface area (Å²) in [5.41, 5.74) is 1.98. The second-order valence-corrected chi connectivity index (χ2v) is 8.13. The van der Waals surface area contributed by atoms with E-state index in [1.807, 2.05) is 6.07 Å². The van der Waals surface area contributed by atoms with Gasteiger partial charge in [0.25, 0.3) is 11.1 Å². The van der Waals surface area contributed by atoms with E-state index in [2.05, 4.69) is 5.32 Å². The average Bonchev–Trinajstić information content (AvgIpc) is 3.07. The van der Waals surface area contributed by atoms with E-state index in [-0.39, 0.29) is 23.9 Å². The first-order valence-electron chi connectivity index (χ1n) is 10.1.